The molecule has 2 heterocycles. The maximum absolute atomic E-state index is 5.82. The lowest BCUT2D eigenvalue weighted by molar-refractivity contribution is 0.768. The molecule has 2 aromatic heterocycles. The third-order valence-corrected chi connectivity index (χ3v) is 1.93. The molecule has 0 spiro atoms. The van der Waals surface area contributed by atoms with E-state index in [0.29, 0.717) is 10.8 Å². The lowest BCUT2D eigenvalue weighted by atomic mass is 10.4. The van der Waals surface area contributed by atoms with Crippen LogP contribution in [0.2, 0.25) is 5.02 Å². The first-order valence-corrected chi connectivity index (χ1v) is 4.49. The molecular weight excluding hydrogens is 200 g/mol. The van der Waals surface area contributed by atoms with Gasteiger partial charge in [-0.05, 0) is 12.1 Å². The Bertz CT molecular complexity index is 438. The van der Waals surface area contributed by atoms with Gasteiger partial charge in [-0.15, -0.1) is 0 Å². The lowest BCUT2D eigenvalue weighted by Crippen LogP contribution is -1.91. The highest BCUT2D eigenvalue weighted by molar-refractivity contribution is 6.30. The first-order valence-electron chi connectivity index (χ1n) is 4.11. The number of aryl methyl sites for hydroxylation is 1. The molecule has 0 saturated carbocycles. The minimum Gasteiger partial charge on any atom is -0.338 e. The second-order valence-corrected chi connectivity index (χ2v) is 3.32. The van der Waals surface area contributed by atoms with Gasteiger partial charge in [0.25, 0.3) is 0 Å². The molecule has 1 N–H and O–H groups in total. The van der Waals surface area contributed by atoms with Crippen LogP contribution in [0.3, 0.4) is 0 Å². The van der Waals surface area contributed by atoms with Gasteiger partial charge in [0.1, 0.15) is 5.82 Å². The van der Waals surface area contributed by atoms with E-state index in [9.17, 15) is 0 Å². The van der Waals surface area contributed by atoms with Crippen LogP contribution in [0.5, 0.6) is 0 Å². The fraction of sp³-hybridized carbons (Fsp3) is 0.111. The zero-order valence-electron chi connectivity index (χ0n) is 7.61. The van der Waals surface area contributed by atoms with Gasteiger partial charge < -0.3 is 5.32 Å². The number of nitrogens with one attached hydrogen (secondary N) is 1. The zero-order valence-corrected chi connectivity index (χ0v) is 8.36. The fourth-order valence-corrected chi connectivity index (χ4v) is 1.27. The highest BCUT2D eigenvalue weighted by atomic mass is 35.5. The van der Waals surface area contributed by atoms with Crippen molar-refractivity contribution >= 4 is 23.1 Å². The molecule has 5 heteroatoms. The topological polar surface area (TPSA) is 42.7 Å². The van der Waals surface area contributed by atoms with Crippen LogP contribution in [0.4, 0.5) is 11.5 Å². The molecule has 0 aliphatic rings. The van der Waals surface area contributed by atoms with Gasteiger partial charge in [0.05, 0.1) is 11.9 Å². The number of aromatic nitrogens is 3. The summed E-state index contributed by atoms with van der Waals surface area (Å²) in [5.74, 6) is 0.713. The van der Waals surface area contributed by atoms with Crippen molar-refractivity contribution in [2.45, 2.75) is 0 Å². The molecule has 0 saturated heterocycles. The van der Waals surface area contributed by atoms with Crippen LogP contribution in [0, 0.1) is 0 Å². The van der Waals surface area contributed by atoms with Crippen molar-refractivity contribution in [3.05, 3.63) is 35.7 Å². The van der Waals surface area contributed by atoms with Crippen LogP contribution < -0.4 is 5.32 Å². The summed E-state index contributed by atoms with van der Waals surface area (Å²) in [6, 6.07) is 3.49. The van der Waals surface area contributed by atoms with E-state index in [1.54, 1.807) is 29.2 Å². The van der Waals surface area contributed by atoms with E-state index in [1.807, 2.05) is 13.2 Å². The van der Waals surface area contributed by atoms with E-state index in [4.69, 9.17) is 11.6 Å². The molecule has 0 aliphatic heterocycles. The monoisotopic (exact) mass is 208 g/mol. The number of pyridine rings is 1. The summed E-state index contributed by atoms with van der Waals surface area (Å²) in [4.78, 5) is 4.11. The van der Waals surface area contributed by atoms with Crippen LogP contribution in [0.1, 0.15) is 0 Å². The van der Waals surface area contributed by atoms with Gasteiger partial charge in [0.15, 0.2) is 0 Å². The summed E-state index contributed by atoms with van der Waals surface area (Å²) in [6.07, 6.45) is 5.24. The van der Waals surface area contributed by atoms with Gasteiger partial charge in [-0.2, -0.15) is 5.10 Å². The zero-order chi connectivity index (χ0) is 9.97. The van der Waals surface area contributed by atoms with E-state index in [-0.39, 0.29) is 0 Å². The van der Waals surface area contributed by atoms with Crippen molar-refractivity contribution in [3.8, 4) is 0 Å². The molecule has 2 aromatic rings. The molecule has 0 atom stereocenters. The summed E-state index contributed by atoms with van der Waals surface area (Å²) in [5.41, 5.74) is 0.891. The second-order valence-electron chi connectivity index (χ2n) is 2.89. The van der Waals surface area contributed by atoms with E-state index in [2.05, 4.69) is 15.4 Å². The van der Waals surface area contributed by atoms with Gasteiger partial charge >= 0.3 is 0 Å². The minimum atomic E-state index is 0.659. The number of hydrogen-bond acceptors (Lipinski definition) is 3. The minimum absolute atomic E-state index is 0.659. The normalized spacial score (nSPS) is 10.1. The average molecular weight is 209 g/mol. The van der Waals surface area contributed by atoms with E-state index in [0.717, 1.165) is 5.69 Å². The van der Waals surface area contributed by atoms with Gasteiger partial charge in [-0.3, -0.25) is 4.68 Å². The SMILES string of the molecule is Cn1cc(Nc2cc(Cl)ccn2)cn1. The molecule has 0 fully saturated rings. The van der Waals surface area contributed by atoms with Gasteiger partial charge in [0.2, 0.25) is 0 Å². The van der Waals surface area contributed by atoms with Crippen molar-refractivity contribution in [1.82, 2.24) is 14.8 Å². The second kappa shape index (κ2) is 3.67. The maximum atomic E-state index is 5.82. The van der Waals surface area contributed by atoms with Crippen LogP contribution >= 0.6 is 11.6 Å². The van der Waals surface area contributed by atoms with E-state index in [1.165, 1.54) is 0 Å². The van der Waals surface area contributed by atoms with Crippen molar-refractivity contribution in [2.24, 2.45) is 7.05 Å². The largest absolute Gasteiger partial charge is 0.338 e. The molecule has 72 valence electrons. The van der Waals surface area contributed by atoms with Gasteiger partial charge in [-0.25, -0.2) is 4.98 Å². The molecule has 0 aromatic carbocycles. The Morgan fingerprint density at radius 1 is 1.50 bits per heavy atom. The number of anilines is 2. The summed E-state index contributed by atoms with van der Waals surface area (Å²) < 4.78 is 1.72. The molecule has 0 aliphatic carbocycles. The van der Waals surface area contributed by atoms with E-state index < -0.39 is 0 Å². The first-order chi connectivity index (χ1) is 6.74. The number of hydrogen-bond donors (Lipinski definition) is 1. The maximum Gasteiger partial charge on any atom is 0.131 e. The Labute approximate surface area is 86.5 Å². The van der Waals surface area contributed by atoms with Crippen LogP contribution in [0.25, 0.3) is 0 Å². The molecule has 0 radical (unpaired) electrons. The summed E-state index contributed by atoms with van der Waals surface area (Å²) >= 11 is 5.82. The predicted octanol–water partition coefficient (Wildman–Crippen LogP) is 2.21. The Kier molecular flexibility index (Phi) is 2.37. The van der Waals surface area contributed by atoms with Crippen molar-refractivity contribution < 1.29 is 0 Å². The van der Waals surface area contributed by atoms with Crippen molar-refractivity contribution in [3.63, 3.8) is 0 Å². The number of halogens is 1. The molecule has 14 heavy (non-hydrogen) atoms. The third kappa shape index (κ3) is 2.03. The van der Waals surface area contributed by atoms with Crippen LogP contribution in [0.15, 0.2) is 30.7 Å². The Morgan fingerprint density at radius 2 is 2.36 bits per heavy atom. The quantitative estimate of drug-likeness (QED) is 0.823. The number of rotatable bonds is 2. The van der Waals surface area contributed by atoms with Crippen molar-refractivity contribution in [2.75, 3.05) is 5.32 Å². The highest BCUT2D eigenvalue weighted by Crippen LogP contribution is 2.16. The lowest BCUT2D eigenvalue weighted by Gasteiger charge is -2.01. The highest BCUT2D eigenvalue weighted by Gasteiger charge is 1.98. The summed E-state index contributed by atoms with van der Waals surface area (Å²) in [7, 11) is 1.86. The van der Waals surface area contributed by atoms with E-state index >= 15 is 0 Å². The van der Waals surface area contributed by atoms with Crippen LogP contribution in [-0.4, -0.2) is 14.8 Å². The average Bonchev–Trinajstić information content (AvgIpc) is 2.51. The smallest absolute Gasteiger partial charge is 0.131 e. The number of nitrogens with zero attached hydrogens (tertiary/aromatic N) is 3. The summed E-state index contributed by atoms with van der Waals surface area (Å²) in [5, 5.41) is 7.77. The Balaban J connectivity index is 2.18. The van der Waals surface area contributed by atoms with Gasteiger partial charge in [-0.1, -0.05) is 11.6 Å². The third-order valence-electron chi connectivity index (χ3n) is 1.70. The molecule has 4 nitrogen and oxygen atoms in total. The Hall–Kier alpha value is -1.55. The molecule has 2 rings (SSSR count). The standard InChI is InChI=1S/C9H9ClN4/c1-14-6-8(5-12-14)13-9-4-7(10)2-3-11-9/h2-6H,1H3,(H,11,13). The van der Waals surface area contributed by atoms with Crippen LogP contribution in [-0.2, 0) is 7.05 Å². The van der Waals surface area contributed by atoms with Crippen molar-refractivity contribution in [1.29, 1.82) is 0 Å². The molecule has 0 unspecified atom stereocenters. The predicted molar refractivity (Wildman–Crippen MR) is 55.7 cm³/mol. The molecule has 0 amide bonds. The first kappa shape index (κ1) is 9.02. The molecule has 0 bridgehead atoms. The fourth-order valence-electron chi connectivity index (χ4n) is 1.11. The summed E-state index contributed by atoms with van der Waals surface area (Å²) in [6.45, 7) is 0. The Morgan fingerprint density at radius 3 is 3.00 bits per heavy atom. The van der Waals surface area contributed by atoms with Gasteiger partial charge in [0, 0.05) is 24.5 Å². The molecular formula is C9H9ClN4.